The van der Waals surface area contributed by atoms with Crippen molar-refractivity contribution in [2.45, 2.75) is 77.6 Å². The first kappa shape index (κ1) is 29.3. The van der Waals surface area contributed by atoms with E-state index in [0.717, 1.165) is 13.8 Å². The van der Waals surface area contributed by atoms with Crippen molar-refractivity contribution >= 4 is 29.7 Å². The van der Waals surface area contributed by atoms with Crippen molar-refractivity contribution in [2.75, 3.05) is 26.3 Å². The number of carbonyl (C=O) groups excluding carboxylic acids is 5. The molecule has 1 fully saturated rings. The molecule has 34 heavy (non-hydrogen) atoms. The molecule has 1 heterocycles. The SMILES string of the molecule is CC(=O)N[C@H]1[C@H](OCCCCC(=O)NCCN)O[C@H](COC(C)=O)[C@H](OC(C)=O)[C@@H]1OC(C)=O. The summed E-state index contributed by atoms with van der Waals surface area (Å²) < 4.78 is 27.4. The highest BCUT2D eigenvalue weighted by Gasteiger charge is 2.51. The molecular weight excluding hydrogens is 454 g/mol. The van der Waals surface area contributed by atoms with Crippen LogP contribution in [0.15, 0.2) is 0 Å². The Bertz CT molecular complexity index is 717. The van der Waals surface area contributed by atoms with E-state index in [9.17, 15) is 24.0 Å². The molecule has 0 saturated carbocycles. The first-order valence-electron chi connectivity index (χ1n) is 11.0. The molecule has 5 atom stereocenters. The summed E-state index contributed by atoms with van der Waals surface area (Å²) in [6.07, 6.45) is -3.21. The van der Waals surface area contributed by atoms with Crippen LogP contribution in [0.1, 0.15) is 47.0 Å². The molecule has 13 heteroatoms. The van der Waals surface area contributed by atoms with Gasteiger partial charge < -0.3 is 40.1 Å². The lowest BCUT2D eigenvalue weighted by molar-refractivity contribution is -0.277. The molecule has 1 aliphatic rings. The molecule has 0 bridgehead atoms. The lowest BCUT2D eigenvalue weighted by atomic mass is 9.96. The maximum atomic E-state index is 11.9. The van der Waals surface area contributed by atoms with Crippen LogP contribution in [0.25, 0.3) is 0 Å². The van der Waals surface area contributed by atoms with E-state index in [1.165, 1.54) is 13.8 Å². The van der Waals surface area contributed by atoms with E-state index in [2.05, 4.69) is 10.6 Å². The molecule has 4 N–H and O–H groups in total. The summed E-state index contributed by atoms with van der Waals surface area (Å²) in [6, 6.07) is -1.02. The van der Waals surface area contributed by atoms with Crippen LogP contribution in [0.2, 0.25) is 0 Å². The van der Waals surface area contributed by atoms with Crippen LogP contribution in [0, 0.1) is 0 Å². The zero-order valence-corrected chi connectivity index (χ0v) is 20.0. The molecule has 2 amide bonds. The summed E-state index contributed by atoms with van der Waals surface area (Å²) in [4.78, 5) is 58.4. The lowest BCUT2D eigenvalue weighted by Gasteiger charge is -2.44. The van der Waals surface area contributed by atoms with Crippen molar-refractivity contribution in [3.05, 3.63) is 0 Å². The van der Waals surface area contributed by atoms with E-state index in [0.29, 0.717) is 25.9 Å². The van der Waals surface area contributed by atoms with Crippen LogP contribution in [0.5, 0.6) is 0 Å². The number of esters is 3. The van der Waals surface area contributed by atoms with Crippen molar-refractivity contribution < 1.29 is 47.7 Å². The van der Waals surface area contributed by atoms with Gasteiger partial charge in [0.1, 0.15) is 18.8 Å². The minimum Gasteiger partial charge on any atom is -0.463 e. The van der Waals surface area contributed by atoms with Gasteiger partial charge in [-0.1, -0.05) is 0 Å². The van der Waals surface area contributed by atoms with Gasteiger partial charge in [-0.15, -0.1) is 0 Å². The Kier molecular flexibility index (Phi) is 13.1. The Balaban J connectivity index is 2.98. The first-order valence-corrected chi connectivity index (χ1v) is 11.0. The number of carbonyl (C=O) groups is 5. The van der Waals surface area contributed by atoms with Crippen LogP contribution in [-0.2, 0) is 47.7 Å². The second-order valence-electron chi connectivity index (χ2n) is 7.69. The van der Waals surface area contributed by atoms with Crippen LogP contribution in [0.3, 0.4) is 0 Å². The molecule has 0 aromatic carbocycles. The predicted octanol–water partition coefficient (Wildman–Crippen LogP) is -1.10. The number of ether oxygens (including phenoxy) is 5. The van der Waals surface area contributed by atoms with Crippen LogP contribution >= 0.6 is 0 Å². The molecule has 0 aromatic rings. The fourth-order valence-electron chi connectivity index (χ4n) is 3.32. The Morgan fingerprint density at radius 2 is 1.56 bits per heavy atom. The smallest absolute Gasteiger partial charge is 0.303 e. The third kappa shape index (κ3) is 10.9. The molecule has 13 nitrogen and oxygen atoms in total. The highest BCUT2D eigenvalue weighted by Crippen LogP contribution is 2.28. The second kappa shape index (κ2) is 15.2. The van der Waals surface area contributed by atoms with Crippen molar-refractivity contribution in [2.24, 2.45) is 5.73 Å². The fraction of sp³-hybridized carbons (Fsp3) is 0.762. The van der Waals surface area contributed by atoms with Gasteiger partial charge in [-0.05, 0) is 12.8 Å². The number of amides is 2. The summed E-state index contributed by atoms with van der Waals surface area (Å²) in [7, 11) is 0. The Hall–Kier alpha value is -2.77. The van der Waals surface area contributed by atoms with E-state index in [4.69, 9.17) is 29.4 Å². The number of nitrogens with one attached hydrogen (secondary N) is 2. The number of nitrogens with two attached hydrogens (primary N) is 1. The molecule has 0 aromatic heterocycles. The van der Waals surface area contributed by atoms with E-state index < -0.39 is 54.5 Å². The summed E-state index contributed by atoms with van der Waals surface area (Å²) in [5, 5.41) is 5.28. The van der Waals surface area contributed by atoms with E-state index >= 15 is 0 Å². The maximum absolute atomic E-state index is 11.9. The second-order valence-corrected chi connectivity index (χ2v) is 7.69. The highest BCUT2D eigenvalue weighted by atomic mass is 16.7. The number of hydrogen-bond acceptors (Lipinski definition) is 11. The van der Waals surface area contributed by atoms with Gasteiger partial charge in [-0.25, -0.2) is 0 Å². The normalized spacial score (nSPS) is 24.0. The third-order valence-electron chi connectivity index (χ3n) is 4.62. The average Bonchev–Trinajstić information content (AvgIpc) is 2.73. The maximum Gasteiger partial charge on any atom is 0.303 e. The van der Waals surface area contributed by atoms with Gasteiger partial charge in [-0.3, -0.25) is 24.0 Å². The van der Waals surface area contributed by atoms with Crippen molar-refractivity contribution in [1.82, 2.24) is 10.6 Å². The van der Waals surface area contributed by atoms with Gasteiger partial charge >= 0.3 is 17.9 Å². The topological polar surface area (TPSA) is 182 Å². The van der Waals surface area contributed by atoms with Crippen molar-refractivity contribution in [3.63, 3.8) is 0 Å². The van der Waals surface area contributed by atoms with Gasteiger partial charge in [0.25, 0.3) is 0 Å². The molecule has 0 unspecified atom stereocenters. The van der Waals surface area contributed by atoms with Crippen molar-refractivity contribution in [3.8, 4) is 0 Å². The van der Waals surface area contributed by atoms with Gasteiger partial charge in [0.05, 0.1) is 0 Å². The molecule has 1 aliphatic heterocycles. The standard InChI is InChI=1S/C21H35N3O10/c1-12(25)24-18-20(33-15(4)28)19(32-14(3)27)16(11-31-13(2)26)34-21(18)30-10-6-5-7-17(29)23-9-8-22/h16,18-21H,5-11,22H2,1-4H3,(H,23,29)(H,24,25)/t16-,18-,19+,20-,21-/m1/s1. The Labute approximate surface area is 198 Å². The first-order chi connectivity index (χ1) is 16.0. The highest BCUT2D eigenvalue weighted by molar-refractivity contribution is 5.75. The predicted molar refractivity (Wildman–Crippen MR) is 116 cm³/mol. The Morgan fingerprint density at radius 1 is 0.912 bits per heavy atom. The minimum absolute atomic E-state index is 0.129. The zero-order valence-electron chi connectivity index (χ0n) is 20.0. The van der Waals surface area contributed by atoms with Gasteiger partial charge in [-0.2, -0.15) is 0 Å². The molecule has 0 radical (unpaired) electrons. The minimum atomic E-state index is -1.18. The van der Waals surface area contributed by atoms with E-state index in [1.807, 2.05) is 0 Å². The lowest BCUT2D eigenvalue weighted by Crippen LogP contribution is -2.66. The van der Waals surface area contributed by atoms with Crippen molar-refractivity contribution in [1.29, 1.82) is 0 Å². The van der Waals surface area contributed by atoms with Crippen LogP contribution in [-0.4, -0.2) is 86.7 Å². The van der Waals surface area contributed by atoms with E-state index in [1.54, 1.807) is 0 Å². The molecule has 0 spiro atoms. The third-order valence-corrected chi connectivity index (χ3v) is 4.62. The Morgan fingerprint density at radius 3 is 2.12 bits per heavy atom. The number of hydrogen-bond donors (Lipinski definition) is 3. The van der Waals surface area contributed by atoms with E-state index in [-0.39, 0.29) is 25.5 Å². The molecular formula is C21H35N3O10. The molecule has 0 aliphatic carbocycles. The van der Waals surface area contributed by atoms with Gasteiger partial charge in [0.2, 0.25) is 11.8 Å². The number of unbranched alkanes of at least 4 members (excludes halogenated alkanes) is 1. The average molecular weight is 490 g/mol. The molecule has 194 valence electrons. The quantitative estimate of drug-likeness (QED) is 0.162. The summed E-state index contributed by atoms with van der Waals surface area (Å²) in [6.45, 7) is 5.37. The largest absolute Gasteiger partial charge is 0.463 e. The summed E-state index contributed by atoms with van der Waals surface area (Å²) in [5.74, 6) is -2.56. The van der Waals surface area contributed by atoms with Crippen LogP contribution < -0.4 is 16.4 Å². The summed E-state index contributed by atoms with van der Waals surface area (Å²) in [5.41, 5.74) is 5.34. The van der Waals surface area contributed by atoms with Crippen LogP contribution in [0.4, 0.5) is 0 Å². The molecule has 1 saturated heterocycles. The summed E-state index contributed by atoms with van der Waals surface area (Å²) >= 11 is 0. The molecule has 1 rings (SSSR count). The zero-order chi connectivity index (χ0) is 25.7. The fourth-order valence-corrected chi connectivity index (χ4v) is 3.32. The van der Waals surface area contributed by atoms with Gasteiger partial charge in [0.15, 0.2) is 18.5 Å². The number of rotatable bonds is 13. The monoisotopic (exact) mass is 489 g/mol. The van der Waals surface area contributed by atoms with Gasteiger partial charge in [0, 0.05) is 53.8 Å².